The number of benzene rings is 1. The summed E-state index contributed by atoms with van der Waals surface area (Å²) in [6.45, 7) is 0. The molecule has 4 heteroatoms. The summed E-state index contributed by atoms with van der Waals surface area (Å²) in [5.74, 6) is -0.875. The zero-order valence-electron chi connectivity index (χ0n) is 10.1. The minimum absolute atomic E-state index is 0.0929. The number of thioether (sulfide) groups is 1. The van der Waals surface area contributed by atoms with E-state index in [9.17, 15) is 4.79 Å². The Balaban J connectivity index is 2.30. The molecule has 18 heavy (non-hydrogen) atoms. The third-order valence-corrected chi connectivity index (χ3v) is 3.66. The summed E-state index contributed by atoms with van der Waals surface area (Å²) in [5.41, 5.74) is 2.05. The quantitative estimate of drug-likeness (QED) is 0.812. The van der Waals surface area contributed by atoms with Gasteiger partial charge in [0, 0.05) is 23.2 Å². The van der Waals surface area contributed by atoms with Gasteiger partial charge in [0.1, 0.15) is 0 Å². The van der Waals surface area contributed by atoms with Crippen molar-refractivity contribution in [3.63, 3.8) is 0 Å². The third-order valence-electron chi connectivity index (χ3n) is 2.92. The highest BCUT2D eigenvalue weighted by Crippen LogP contribution is 2.29. The van der Waals surface area contributed by atoms with E-state index in [0.717, 1.165) is 11.1 Å². The van der Waals surface area contributed by atoms with Crippen LogP contribution >= 0.6 is 11.8 Å². The Morgan fingerprint density at radius 2 is 2.00 bits per heavy atom. The first-order chi connectivity index (χ1) is 8.70. The van der Waals surface area contributed by atoms with Gasteiger partial charge in [-0.3, -0.25) is 4.79 Å². The summed E-state index contributed by atoms with van der Waals surface area (Å²) in [6.07, 6.45) is 5.81. The average molecular weight is 261 g/mol. The van der Waals surface area contributed by atoms with Crippen LogP contribution < -0.4 is 0 Å². The lowest BCUT2D eigenvalue weighted by atomic mass is 9.90. The van der Waals surface area contributed by atoms with E-state index in [1.807, 2.05) is 49.0 Å². The summed E-state index contributed by atoms with van der Waals surface area (Å²) in [7, 11) is 0. The highest BCUT2D eigenvalue weighted by Gasteiger charge is 2.18. The van der Waals surface area contributed by atoms with Gasteiger partial charge < -0.3 is 10.1 Å². The molecule has 94 valence electrons. The van der Waals surface area contributed by atoms with E-state index < -0.39 is 5.97 Å². The molecule has 1 aromatic carbocycles. The predicted octanol–water partition coefficient (Wildman–Crippen LogP) is 3.34. The molecule has 3 nitrogen and oxygen atoms in total. The van der Waals surface area contributed by atoms with Gasteiger partial charge in [0.05, 0.1) is 6.42 Å². The van der Waals surface area contributed by atoms with Crippen molar-refractivity contribution in [1.29, 1.82) is 0 Å². The average Bonchev–Trinajstić information content (AvgIpc) is 2.89. The Hall–Kier alpha value is -1.68. The smallest absolute Gasteiger partial charge is 0.304 e. The molecular weight excluding hydrogens is 246 g/mol. The Kier molecular flexibility index (Phi) is 4.10. The molecule has 2 rings (SSSR count). The van der Waals surface area contributed by atoms with Crippen molar-refractivity contribution < 1.29 is 9.90 Å². The zero-order valence-corrected chi connectivity index (χ0v) is 10.9. The number of rotatable bonds is 5. The minimum atomic E-state index is -0.782. The molecule has 1 heterocycles. The van der Waals surface area contributed by atoms with Crippen molar-refractivity contribution in [2.45, 2.75) is 17.2 Å². The van der Waals surface area contributed by atoms with Crippen LogP contribution in [0.5, 0.6) is 0 Å². The van der Waals surface area contributed by atoms with Gasteiger partial charge in [-0.05, 0) is 35.6 Å². The first-order valence-corrected chi connectivity index (χ1v) is 6.91. The summed E-state index contributed by atoms with van der Waals surface area (Å²) < 4.78 is 0. The van der Waals surface area contributed by atoms with Gasteiger partial charge in [-0.2, -0.15) is 0 Å². The van der Waals surface area contributed by atoms with Gasteiger partial charge in [-0.25, -0.2) is 0 Å². The van der Waals surface area contributed by atoms with E-state index >= 15 is 0 Å². The lowest BCUT2D eigenvalue weighted by Gasteiger charge is -2.14. The lowest BCUT2D eigenvalue weighted by molar-refractivity contribution is -0.137. The summed E-state index contributed by atoms with van der Waals surface area (Å²) >= 11 is 1.68. The van der Waals surface area contributed by atoms with Crippen LogP contribution in [0.15, 0.2) is 47.6 Å². The molecule has 0 fully saturated rings. The molecular formula is C14H15NO2S. The van der Waals surface area contributed by atoms with Crippen molar-refractivity contribution in [1.82, 2.24) is 4.98 Å². The topological polar surface area (TPSA) is 53.1 Å². The maximum Gasteiger partial charge on any atom is 0.304 e. The van der Waals surface area contributed by atoms with E-state index in [1.165, 1.54) is 4.90 Å². The minimum Gasteiger partial charge on any atom is -0.481 e. The highest BCUT2D eigenvalue weighted by atomic mass is 32.2. The van der Waals surface area contributed by atoms with Crippen molar-refractivity contribution in [2.24, 2.45) is 0 Å². The first kappa shape index (κ1) is 12.8. The van der Waals surface area contributed by atoms with E-state index in [1.54, 1.807) is 11.8 Å². The second kappa shape index (κ2) is 5.78. The molecule has 1 unspecified atom stereocenters. The predicted molar refractivity (Wildman–Crippen MR) is 73.1 cm³/mol. The largest absolute Gasteiger partial charge is 0.481 e. The normalized spacial score (nSPS) is 12.3. The number of carboxylic acids is 1. The van der Waals surface area contributed by atoms with Gasteiger partial charge >= 0.3 is 5.97 Å². The molecule has 0 saturated carbocycles. The van der Waals surface area contributed by atoms with E-state index in [0.29, 0.717) is 0 Å². The molecule has 2 N–H and O–H groups in total. The molecule has 0 amide bonds. The fourth-order valence-electron chi connectivity index (χ4n) is 1.99. The standard InChI is InChI=1S/C14H15NO2S/c1-18-12-4-2-10(3-5-12)13(8-14(16)17)11-6-7-15-9-11/h2-7,9,13,15H,8H2,1H3,(H,16,17). The fraction of sp³-hybridized carbons (Fsp3) is 0.214. The number of nitrogens with one attached hydrogen (secondary N) is 1. The van der Waals surface area contributed by atoms with E-state index in [-0.39, 0.29) is 12.3 Å². The number of H-pyrrole nitrogens is 1. The van der Waals surface area contributed by atoms with Gasteiger partial charge in [-0.1, -0.05) is 12.1 Å². The lowest BCUT2D eigenvalue weighted by Crippen LogP contribution is -2.07. The van der Waals surface area contributed by atoms with Crippen LogP contribution in [-0.4, -0.2) is 22.3 Å². The number of aromatic nitrogens is 1. The molecule has 0 radical (unpaired) electrons. The molecule has 0 aliphatic carbocycles. The molecule has 0 aliphatic rings. The first-order valence-electron chi connectivity index (χ1n) is 5.69. The van der Waals surface area contributed by atoms with E-state index in [2.05, 4.69) is 4.98 Å². The molecule has 1 atom stereocenters. The van der Waals surface area contributed by atoms with Crippen LogP contribution in [-0.2, 0) is 4.79 Å². The summed E-state index contributed by atoms with van der Waals surface area (Å²) in [6, 6.07) is 10.00. The van der Waals surface area contributed by atoms with Gasteiger partial charge in [0.25, 0.3) is 0 Å². The number of aliphatic carboxylic acids is 1. The maximum atomic E-state index is 11.0. The fourth-order valence-corrected chi connectivity index (χ4v) is 2.40. The maximum absolute atomic E-state index is 11.0. The monoisotopic (exact) mass is 261 g/mol. The summed E-state index contributed by atoms with van der Waals surface area (Å²) in [4.78, 5) is 15.1. The number of aromatic amines is 1. The number of hydrogen-bond acceptors (Lipinski definition) is 2. The third kappa shape index (κ3) is 2.96. The molecule has 1 aromatic heterocycles. The van der Waals surface area contributed by atoms with Gasteiger partial charge in [0.2, 0.25) is 0 Å². The van der Waals surface area contributed by atoms with Crippen molar-refractivity contribution in [3.8, 4) is 0 Å². The molecule has 0 aliphatic heterocycles. The summed E-state index contributed by atoms with van der Waals surface area (Å²) in [5, 5.41) is 9.03. The van der Waals surface area contributed by atoms with Gasteiger partial charge in [-0.15, -0.1) is 11.8 Å². The Bertz CT molecular complexity index is 505. The SMILES string of the molecule is CSc1ccc(C(CC(=O)O)c2cc[nH]c2)cc1. The number of carbonyl (C=O) groups is 1. The van der Waals surface area contributed by atoms with Crippen LogP contribution in [0.25, 0.3) is 0 Å². The highest BCUT2D eigenvalue weighted by molar-refractivity contribution is 7.98. The van der Waals surface area contributed by atoms with Crippen molar-refractivity contribution >= 4 is 17.7 Å². The number of hydrogen-bond donors (Lipinski definition) is 2. The van der Waals surface area contributed by atoms with Crippen LogP contribution in [0.4, 0.5) is 0 Å². The van der Waals surface area contributed by atoms with Gasteiger partial charge in [0.15, 0.2) is 0 Å². The second-order valence-electron chi connectivity index (χ2n) is 4.07. The Morgan fingerprint density at radius 1 is 1.28 bits per heavy atom. The van der Waals surface area contributed by atoms with Crippen LogP contribution in [0, 0.1) is 0 Å². The van der Waals surface area contributed by atoms with Crippen molar-refractivity contribution in [3.05, 3.63) is 53.9 Å². The number of carboxylic acid groups (broad SMARTS) is 1. The molecule has 0 bridgehead atoms. The second-order valence-corrected chi connectivity index (χ2v) is 4.95. The van der Waals surface area contributed by atoms with Crippen molar-refractivity contribution in [2.75, 3.05) is 6.26 Å². The molecule has 0 saturated heterocycles. The molecule has 2 aromatic rings. The Morgan fingerprint density at radius 3 is 2.50 bits per heavy atom. The molecule has 0 spiro atoms. The van der Waals surface area contributed by atoms with Crippen LogP contribution in [0.2, 0.25) is 0 Å². The van der Waals surface area contributed by atoms with Crippen LogP contribution in [0.1, 0.15) is 23.5 Å². The zero-order chi connectivity index (χ0) is 13.0. The van der Waals surface area contributed by atoms with Crippen LogP contribution in [0.3, 0.4) is 0 Å². The Labute approximate surface area is 110 Å². The van der Waals surface area contributed by atoms with E-state index in [4.69, 9.17) is 5.11 Å².